The average molecular weight is 644 g/mol. The summed E-state index contributed by atoms with van der Waals surface area (Å²) in [5, 5.41) is 0. The van der Waals surface area contributed by atoms with Gasteiger partial charge in [-0.25, -0.2) is 0 Å². The Bertz CT molecular complexity index is 461. The van der Waals surface area contributed by atoms with E-state index in [4.69, 9.17) is 47.4 Å². The highest BCUT2D eigenvalue weighted by Gasteiger charge is 2.05. The average Bonchev–Trinajstić information content (AvgIpc) is 3.02. The maximum Gasteiger partial charge on any atom is 0.0701 e. The Hall–Kier alpha value is -0.0900. The minimum Gasteiger partial charge on any atom is -0.379 e. The molecule has 0 amide bonds. The molecule has 0 radical (unpaired) electrons. The quantitative estimate of drug-likeness (QED) is 0.0789. The highest BCUT2D eigenvalue weighted by atomic mass is 32.1. The molecule has 0 aliphatic heterocycles. The molecule has 0 aliphatic carbocycles. The van der Waals surface area contributed by atoms with E-state index >= 15 is 0 Å². The first-order chi connectivity index (χ1) is 21.3. The Labute approximate surface area is 268 Å². The maximum atomic E-state index is 5.74. The van der Waals surface area contributed by atoms with E-state index in [-0.39, 0.29) is 0 Å². The van der Waals surface area contributed by atoms with Gasteiger partial charge in [-0.3, -0.25) is 4.90 Å². The molecule has 0 bridgehead atoms. The molecule has 0 unspecified atom stereocenters. The van der Waals surface area contributed by atoms with Gasteiger partial charge in [0.25, 0.3) is 0 Å². The van der Waals surface area contributed by atoms with Crippen molar-refractivity contribution < 1.29 is 47.4 Å². The second kappa shape index (κ2) is 39.9. The summed E-state index contributed by atoms with van der Waals surface area (Å²) < 4.78 is 55.5. The standard InChI is InChI=1S/C31H65NO10S/c1-3-5-11-33-15-19-37-23-27-41-29-25-39-21-17-35-13-9-32(8-7-31-43)10-14-36-18-22-40-26-30-42-28-24-38-20-16-34-12-6-4-2/h43H,3-31H2,1-2H3. The molecule has 11 nitrogen and oxygen atoms in total. The monoisotopic (exact) mass is 643 g/mol. The molecule has 0 heterocycles. The molecule has 0 aliphatic rings. The second-order valence-electron chi connectivity index (χ2n) is 9.75. The van der Waals surface area contributed by atoms with E-state index in [9.17, 15) is 0 Å². The van der Waals surface area contributed by atoms with E-state index in [1.54, 1.807) is 0 Å². The van der Waals surface area contributed by atoms with Crippen molar-refractivity contribution >= 4 is 12.6 Å². The summed E-state index contributed by atoms with van der Waals surface area (Å²) in [6.07, 6.45) is 5.53. The Morgan fingerprint density at radius 3 is 0.837 bits per heavy atom. The van der Waals surface area contributed by atoms with Crippen molar-refractivity contribution in [3.05, 3.63) is 0 Å². The van der Waals surface area contributed by atoms with E-state index in [0.29, 0.717) is 119 Å². The molecular weight excluding hydrogens is 578 g/mol. The third-order valence-electron chi connectivity index (χ3n) is 6.00. The summed E-state index contributed by atoms with van der Waals surface area (Å²) in [5.74, 6) is 0.864. The lowest BCUT2D eigenvalue weighted by molar-refractivity contribution is -0.0153. The SMILES string of the molecule is CCCCOCCOCCOCCOCCOCCN(CCCS)CCOCCOCCOCCOCCOCCCC. The van der Waals surface area contributed by atoms with E-state index in [1.165, 1.54) is 0 Å². The fourth-order valence-corrected chi connectivity index (χ4v) is 3.61. The zero-order valence-electron chi connectivity index (χ0n) is 27.5. The normalized spacial score (nSPS) is 11.7. The van der Waals surface area contributed by atoms with Crippen molar-refractivity contribution in [1.29, 1.82) is 0 Å². The van der Waals surface area contributed by atoms with E-state index in [0.717, 1.165) is 70.7 Å². The molecule has 0 rings (SSSR count). The third-order valence-corrected chi connectivity index (χ3v) is 6.31. The Morgan fingerprint density at radius 1 is 0.326 bits per heavy atom. The second-order valence-corrected chi connectivity index (χ2v) is 10.2. The van der Waals surface area contributed by atoms with Gasteiger partial charge in [0.05, 0.1) is 119 Å². The van der Waals surface area contributed by atoms with Crippen LogP contribution >= 0.6 is 12.6 Å². The van der Waals surface area contributed by atoms with Crippen LogP contribution in [0.15, 0.2) is 0 Å². The van der Waals surface area contributed by atoms with Crippen LogP contribution in [0, 0.1) is 0 Å². The smallest absolute Gasteiger partial charge is 0.0701 e. The van der Waals surface area contributed by atoms with Crippen LogP contribution in [-0.4, -0.2) is 162 Å². The van der Waals surface area contributed by atoms with Gasteiger partial charge in [-0.1, -0.05) is 26.7 Å². The topological polar surface area (TPSA) is 95.5 Å². The summed E-state index contributed by atoms with van der Waals surface area (Å²) in [6.45, 7) is 19.2. The molecule has 43 heavy (non-hydrogen) atoms. The van der Waals surface area contributed by atoms with Crippen molar-refractivity contribution in [3.8, 4) is 0 Å². The molecule has 0 aromatic heterocycles. The minimum absolute atomic E-state index is 0.552. The van der Waals surface area contributed by atoms with Crippen LogP contribution in [0.25, 0.3) is 0 Å². The van der Waals surface area contributed by atoms with Crippen LogP contribution in [0.1, 0.15) is 46.0 Å². The van der Waals surface area contributed by atoms with Gasteiger partial charge in [0.15, 0.2) is 0 Å². The first kappa shape index (κ1) is 42.9. The fraction of sp³-hybridized carbons (Fsp3) is 1.00. The number of nitrogens with zero attached hydrogens (tertiary/aromatic N) is 1. The lowest BCUT2D eigenvalue weighted by atomic mass is 10.4. The molecule has 0 aromatic carbocycles. The first-order valence-corrected chi connectivity index (χ1v) is 17.1. The molecule has 0 N–H and O–H groups in total. The van der Waals surface area contributed by atoms with Crippen molar-refractivity contribution in [2.45, 2.75) is 46.0 Å². The number of rotatable bonds is 39. The Morgan fingerprint density at radius 2 is 0.581 bits per heavy atom. The zero-order chi connectivity index (χ0) is 31.2. The molecule has 0 saturated heterocycles. The van der Waals surface area contributed by atoms with Crippen LogP contribution < -0.4 is 0 Å². The number of unbranched alkanes of at least 4 members (excludes halogenated alkanes) is 2. The van der Waals surface area contributed by atoms with Gasteiger partial charge < -0.3 is 47.4 Å². The summed E-state index contributed by atoms with van der Waals surface area (Å²) in [4.78, 5) is 2.35. The minimum atomic E-state index is 0.552. The lowest BCUT2D eigenvalue weighted by Gasteiger charge is -2.22. The van der Waals surface area contributed by atoms with Gasteiger partial charge >= 0.3 is 0 Å². The first-order valence-electron chi connectivity index (χ1n) is 16.5. The molecule has 0 fully saturated rings. The highest BCUT2D eigenvalue weighted by Crippen LogP contribution is 1.96. The number of hydrogen-bond acceptors (Lipinski definition) is 12. The predicted octanol–water partition coefficient (Wildman–Crippen LogP) is 3.37. The largest absolute Gasteiger partial charge is 0.379 e. The zero-order valence-corrected chi connectivity index (χ0v) is 28.4. The van der Waals surface area contributed by atoms with E-state index < -0.39 is 0 Å². The summed E-state index contributed by atoms with van der Waals surface area (Å²) in [5.41, 5.74) is 0. The molecule has 0 saturated carbocycles. The van der Waals surface area contributed by atoms with Gasteiger partial charge in [0.2, 0.25) is 0 Å². The molecule has 0 spiro atoms. The van der Waals surface area contributed by atoms with Crippen LogP contribution in [0.4, 0.5) is 0 Å². The fourth-order valence-electron chi connectivity index (χ4n) is 3.47. The van der Waals surface area contributed by atoms with Gasteiger partial charge in [-0.15, -0.1) is 0 Å². The van der Waals surface area contributed by atoms with Crippen molar-refractivity contribution in [1.82, 2.24) is 4.90 Å². The number of ether oxygens (including phenoxy) is 10. The third kappa shape index (κ3) is 38.0. The summed E-state index contributed by atoms with van der Waals surface area (Å²) in [7, 11) is 0. The lowest BCUT2D eigenvalue weighted by Crippen LogP contribution is -2.32. The molecule has 0 atom stereocenters. The molecule has 12 heteroatoms. The highest BCUT2D eigenvalue weighted by molar-refractivity contribution is 7.80. The van der Waals surface area contributed by atoms with Crippen LogP contribution in [-0.2, 0) is 47.4 Å². The molecule has 0 aromatic rings. The maximum absolute atomic E-state index is 5.74. The van der Waals surface area contributed by atoms with Crippen LogP contribution in [0.2, 0.25) is 0 Å². The van der Waals surface area contributed by atoms with Crippen molar-refractivity contribution in [2.24, 2.45) is 0 Å². The molecule has 260 valence electrons. The van der Waals surface area contributed by atoms with Gasteiger partial charge in [-0.05, 0) is 31.6 Å². The van der Waals surface area contributed by atoms with E-state index in [2.05, 4.69) is 31.4 Å². The van der Waals surface area contributed by atoms with Crippen LogP contribution in [0.3, 0.4) is 0 Å². The van der Waals surface area contributed by atoms with Crippen LogP contribution in [0.5, 0.6) is 0 Å². The van der Waals surface area contributed by atoms with Gasteiger partial charge in [-0.2, -0.15) is 12.6 Å². The summed E-state index contributed by atoms with van der Waals surface area (Å²) >= 11 is 4.34. The van der Waals surface area contributed by atoms with Crippen molar-refractivity contribution in [2.75, 3.05) is 158 Å². The molecular formula is C31H65NO10S. The Kier molecular flexibility index (Phi) is 39.9. The number of thiol groups is 1. The summed E-state index contributed by atoms with van der Waals surface area (Å²) in [6, 6.07) is 0. The van der Waals surface area contributed by atoms with Crippen molar-refractivity contribution in [3.63, 3.8) is 0 Å². The number of hydrogen-bond donors (Lipinski definition) is 1. The van der Waals surface area contributed by atoms with Gasteiger partial charge in [0.1, 0.15) is 0 Å². The predicted molar refractivity (Wildman–Crippen MR) is 173 cm³/mol. The van der Waals surface area contributed by atoms with Gasteiger partial charge in [0, 0.05) is 26.3 Å². The Balaban J connectivity index is 3.43. The van der Waals surface area contributed by atoms with E-state index in [1.807, 2.05) is 0 Å².